The maximum atomic E-state index is 6.47. The molecule has 1 aliphatic carbocycles. The predicted octanol–water partition coefficient (Wildman–Crippen LogP) is 1.46. The second-order valence-corrected chi connectivity index (χ2v) is 8.00. The van der Waals surface area contributed by atoms with Crippen LogP contribution in [0.4, 0.5) is 0 Å². The molecule has 1 spiro atoms. The van der Waals surface area contributed by atoms with Crippen LogP contribution < -0.4 is 5.73 Å². The summed E-state index contributed by atoms with van der Waals surface area (Å²) in [6.45, 7) is 3.25. The Morgan fingerprint density at radius 3 is 2.72 bits per heavy atom. The molecule has 0 amide bonds. The van der Waals surface area contributed by atoms with Gasteiger partial charge in [0.25, 0.3) is 0 Å². The summed E-state index contributed by atoms with van der Waals surface area (Å²) in [5, 5.41) is 0. The van der Waals surface area contributed by atoms with E-state index in [0.29, 0.717) is 0 Å². The van der Waals surface area contributed by atoms with E-state index in [1.54, 1.807) is 0 Å². The summed E-state index contributed by atoms with van der Waals surface area (Å²) in [6, 6.07) is 0.743. The van der Waals surface area contributed by atoms with Crippen molar-refractivity contribution in [3.63, 3.8) is 0 Å². The minimum atomic E-state index is 0.176. The van der Waals surface area contributed by atoms with Crippen LogP contribution in [0.3, 0.4) is 0 Å². The molecule has 0 aromatic carbocycles. The molecule has 4 fully saturated rings. The highest BCUT2D eigenvalue weighted by atomic mass is 32.2. The number of hydrogen-bond donors (Lipinski definition) is 1. The van der Waals surface area contributed by atoms with Crippen molar-refractivity contribution in [2.24, 2.45) is 11.7 Å². The minimum Gasteiger partial charge on any atom is -0.374 e. The summed E-state index contributed by atoms with van der Waals surface area (Å²) in [6.07, 6.45) is 6.48. The van der Waals surface area contributed by atoms with E-state index in [1.807, 2.05) is 0 Å². The summed E-state index contributed by atoms with van der Waals surface area (Å²) >= 11 is 2.07. The molecule has 4 rings (SSSR count). The van der Waals surface area contributed by atoms with Crippen LogP contribution in [0.2, 0.25) is 0 Å². The Kier molecular flexibility index (Phi) is 2.74. The lowest BCUT2D eigenvalue weighted by Gasteiger charge is -2.54. The standard InChI is InChI=1S/C14H24N2OS/c15-14(11-1-2-11)8-16(9-14)12-3-5-17-13(7-12)4-6-18-10-13/h11-12H,1-10,15H2. The van der Waals surface area contributed by atoms with E-state index < -0.39 is 0 Å². The molecule has 0 bridgehead atoms. The topological polar surface area (TPSA) is 38.5 Å². The van der Waals surface area contributed by atoms with Gasteiger partial charge in [0, 0.05) is 37.0 Å². The van der Waals surface area contributed by atoms with Crippen molar-refractivity contribution in [2.45, 2.75) is 49.3 Å². The zero-order valence-corrected chi connectivity index (χ0v) is 11.9. The quantitative estimate of drug-likeness (QED) is 0.823. The van der Waals surface area contributed by atoms with Crippen LogP contribution in [0.15, 0.2) is 0 Å². The third-order valence-electron chi connectivity index (χ3n) is 5.44. The second kappa shape index (κ2) is 4.11. The van der Waals surface area contributed by atoms with Crippen molar-refractivity contribution in [1.29, 1.82) is 0 Å². The van der Waals surface area contributed by atoms with E-state index in [9.17, 15) is 0 Å². The first-order valence-electron chi connectivity index (χ1n) is 7.44. The normalized spacial score (nSPS) is 44.2. The van der Waals surface area contributed by atoms with Gasteiger partial charge in [-0.25, -0.2) is 0 Å². The Labute approximate surface area is 114 Å². The lowest BCUT2D eigenvalue weighted by molar-refractivity contribution is -0.111. The third kappa shape index (κ3) is 1.92. The Morgan fingerprint density at radius 1 is 1.22 bits per heavy atom. The van der Waals surface area contributed by atoms with Crippen molar-refractivity contribution in [2.75, 3.05) is 31.2 Å². The summed E-state index contributed by atoms with van der Waals surface area (Å²) in [5.74, 6) is 3.34. The number of ether oxygens (including phenoxy) is 1. The maximum absolute atomic E-state index is 6.47. The molecule has 0 radical (unpaired) electrons. The summed E-state index contributed by atoms with van der Waals surface area (Å²) in [5.41, 5.74) is 6.87. The smallest absolute Gasteiger partial charge is 0.0795 e. The van der Waals surface area contributed by atoms with Gasteiger partial charge in [0.2, 0.25) is 0 Å². The van der Waals surface area contributed by atoms with Crippen molar-refractivity contribution in [1.82, 2.24) is 4.90 Å². The van der Waals surface area contributed by atoms with Crippen molar-refractivity contribution in [3.8, 4) is 0 Å². The zero-order valence-electron chi connectivity index (χ0n) is 11.1. The highest BCUT2D eigenvalue weighted by Gasteiger charge is 2.53. The van der Waals surface area contributed by atoms with Crippen LogP contribution in [0.25, 0.3) is 0 Å². The maximum Gasteiger partial charge on any atom is 0.0795 e. The molecule has 2 unspecified atom stereocenters. The summed E-state index contributed by atoms with van der Waals surface area (Å²) < 4.78 is 6.11. The van der Waals surface area contributed by atoms with Gasteiger partial charge in [-0.3, -0.25) is 4.90 Å². The number of likely N-dealkylation sites (tertiary alicyclic amines) is 1. The third-order valence-corrected chi connectivity index (χ3v) is 6.66. The molecule has 0 aromatic rings. The van der Waals surface area contributed by atoms with Crippen LogP contribution in [0.5, 0.6) is 0 Å². The molecular weight excluding hydrogens is 244 g/mol. The van der Waals surface area contributed by atoms with Gasteiger partial charge in [0.1, 0.15) is 0 Å². The first-order chi connectivity index (χ1) is 8.69. The molecule has 102 valence electrons. The van der Waals surface area contributed by atoms with E-state index in [2.05, 4.69) is 16.7 Å². The van der Waals surface area contributed by atoms with E-state index in [1.165, 1.54) is 43.6 Å². The number of hydrogen-bond acceptors (Lipinski definition) is 4. The van der Waals surface area contributed by atoms with Crippen LogP contribution in [-0.4, -0.2) is 53.3 Å². The molecule has 3 aliphatic heterocycles. The van der Waals surface area contributed by atoms with Crippen molar-refractivity contribution >= 4 is 11.8 Å². The second-order valence-electron chi connectivity index (χ2n) is 6.89. The number of nitrogens with zero attached hydrogens (tertiary/aromatic N) is 1. The van der Waals surface area contributed by atoms with Gasteiger partial charge in [0.05, 0.1) is 5.60 Å². The minimum absolute atomic E-state index is 0.176. The molecule has 2 atom stereocenters. The van der Waals surface area contributed by atoms with Crippen LogP contribution in [0, 0.1) is 5.92 Å². The van der Waals surface area contributed by atoms with Gasteiger partial charge >= 0.3 is 0 Å². The molecule has 18 heavy (non-hydrogen) atoms. The number of rotatable bonds is 2. The zero-order chi connectivity index (χ0) is 12.2. The Balaban J connectivity index is 1.38. The lowest BCUT2D eigenvalue weighted by Crippen LogP contribution is -2.71. The molecule has 4 heteroatoms. The molecular formula is C14H24N2OS. The van der Waals surface area contributed by atoms with Gasteiger partial charge in [-0.1, -0.05) is 0 Å². The highest BCUT2D eigenvalue weighted by Crippen LogP contribution is 2.46. The molecule has 3 heterocycles. The van der Waals surface area contributed by atoms with Gasteiger partial charge in [-0.05, 0) is 43.8 Å². The van der Waals surface area contributed by atoms with Gasteiger partial charge in [0.15, 0.2) is 0 Å². The van der Waals surface area contributed by atoms with E-state index in [4.69, 9.17) is 10.5 Å². The fourth-order valence-corrected chi connectivity index (χ4v) is 5.44. The molecule has 3 saturated heterocycles. The van der Waals surface area contributed by atoms with Crippen LogP contribution in [-0.2, 0) is 4.74 Å². The van der Waals surface area contributed by atoms with E-state index >= 15 is 0 Å². The Bertz CT molecular complexity index is 333. The van der Waals surface area contributed by atoms with Crippen molar-refractivity contribution < 1.29 is 4.74 Å². The molecule has 4 aliphatic rings. The SMILES string of the molecule is NC1(C2CC2)CN(C2CCOC3(CCSC3)C2)C1. The first-order valence-corrected chi connectivity index (χ1v) is 8.59. The van der Waals surface area contributed by atoms with Gasteiger partial charge < -0.3 is 10.5 Å². The highest BCUT2D eigenvalue weighted by molar-refractivity contribution is 7.99. The fraction of sp³-hybridized carbons (Fsp3) is 1.00. The lowest BCUT2D eigenvalue weighted by atomic mass is 9.81. The summed E-state index contributed by atoms with van der Waals surface area (Å²) in [7, 11) is 0. The molecule has 3 nitrogen and oxygen atoms in total. The predicted molar refractivity (Wildman–Crippen MR) is 74.9 cm³/mol. The number of thioether (sulfide) groups is 1. The Hall–Kier alpha value is 0.230. The van der Waals surface area contributed by atoms with Crippen LogP contribution in [0.1, 0.15) is 32.1 Å². The van der Waals surface area contributed by atoms with Gasteiger partial charge in [-0.15, -0.1) is 0 Å². The van der Waals surface area contributed by atoms with E-state index in [0.717, 1.165) is 31.7 Å². The van der Waals surface area contributed by atoms with Crippen LogP contribution >= 0.6 is 11.8 Å². The first kappa shape index (κ1) is 12.0. The number of nitrogens with two attached hydrogens (primary N) is 1. The average Bonchev–Trinajstić information content (AvgIpc) is 3.10. The summed E-state index contributed by atoms with van der Waals surface area (Å²) in [4.78, 5) is 2.64. The molecule has 0 aromatic heterocycles. The monoisotopic (exact) mass is 268 g/mol. The molecule has 2 N–H and O–H groups in total. The fourth-order valence-electron chi connectivity index (χ4n) is 4.06. The largest absolute Gasteiger partial charge is 0.374 e. The van der Waals surface area contributed by atoms with Gasteiger partial charge in [-0.2, -0.15) is 11.8 Å². The van der Waals surface area contributed by atoms with E-state index in [-0.39, 0.29) is 11.1 Å². The van der Waals surface area contributed by atoms with Crippen molar-refractivity contribution in [3.05, 3.63) is 0 Å². The average molecular weight is 268 g/mol. The molecule has 1 saturated carbocycles. The Morgan fingerprint density at radius 2 is 2.06 bits per heavy atom.